The van der Waals surface area contributed by atoms with Gasteiger partial charge in [-0.15, -0.1) is 0 Å². The lowest BCUT2D eigenvalue weighted by atomic mass is 10.1. The van der Waals surface area contributed by atoms with Crippen LogP contribution in [-0.2, 0) is 17.9 Å². The lowest BCUT2D eigenvalue weighted by molar-refractivity contribution is -0.132. The van der Waals surface area contributed by atoms with Gasteiger partial charge in [-0.05, 0) is 61.7 Å². The number of rotatable bonds is 14. The molecule has 0 radical (unpaired) electrons. The summed E-state index contributed by atoms with van der Waals surface area (Å²) in [6, 6.07) is 20.1. The van der Waals surface area contributed by atoms with Crippen molar-refractivity contribution < 1.29 is 9.59 Å². The molecule has 0 saturated heterocycles. The summed E-state index contributed by atoms with van der Waals surface area (Å²) >= 11 is 3.50. The molecule has 0 aliphatic heterocycles. The molecular weight excluding hydrogens is 526 g/mol. The van der Waals surface area contributed by atoms with E-state index in [1.54, 1.807) is 4.90 Å². The topological polar surface area (TPSA) is 45.6 Å². The molecule has 1 aromatic heterocycles. The molecule has 0 spiro atoms. The number of hydrogen-bond donors (Lipinski definition) is 0. The van der Waals surface area contributed by atoms with Crippen LogP contribution < -0.4 is 0 Å². The summed E-state index contributed by atoms with van der Waals surface area (Å²) < 4.78 is 3.26. The Morgan fingerprint density at radius 1 is 0.838 bits per heavy atom. The van der Waals surface area contributed by atoms with Crippen LogP contribution in [0.5, 0.6) is 0 Å². The fourth-order valence-electron chi connectivity index (χ4n) is 4.32. The summed E-state index contributed by atoms with van der Waals surface area (Å²) in [5, 5.41) is 0. The number of unbranched alkanes of at least 4 members (excludes halogenated alkanes) is 3. The van der Waals surface area contributed by atoms with Crippen LogP contribution in [0, 0.1) is 6.92 Å². The molecule has 0 saturated carbocycles. The zero-order valence-corrected chi connectivity index (χ0v) is 24.0. The molecule has 3 aromatic rings. The van der Waals surface area contributed by atoms with E-state index in [2.05, 4.69) is 58.7 Å². The van der Waals surface area contributed by atoms with Crippen molar-refractivity contribution in [3.05, 3.63) is 93.7 Å². The van der Waals surface area contributed by atoms with E-state index in [4.69, 9.17) is 0 Å². The van der Waals surface area contributed by atoms with Crippen LogP contribution in [0.1, 0.15) is 73.1 Å². The number of aryl methyl sites for hydroxylation is 1. The third-order valence-electron chi connectivity index (χ3n) is 6.62. The number of carbonyl (C=O) groups is 2. The molecule has 6 heteroatoms. The molecule has 37 heavy (non-hydrogen) atoms. The Bertz CT molecular complexity index is 1120. The zero-order chi connectivity index (χ0) is 26.6. The van der Waals surface area contributed by atoms with Crippen molar-refractivity contribution in [2.75, 3.05) is 19.6 Å². The lowest BCUT2D eigenvalue weighted by Crippen LogP contribution is -2.43. The van der Waals surface area contributed by atoms with E-state index in [1.807, 2.05) is 54.3 Å². The van der Waals surface area contributed by atoms with Gasteiger partial charge < -0.3 is 14.4 Å². The van der Waals surface area contributed by atoms with E-state index < -0.39 is 0 Å². The van der Waals surface area contributed by atoms with Crippen LogP contribution in [0.2, 0.25) is 0 Å². The highest BCUT2D eigenvalue weighted by Gasteiger charge is 2.23. The number of halogens is 1. The molecule has 0 aliphatic carbocycles. The highest BCUT2D eigenvalue weighted by atomic mass is 79.9. The molecule has 5 nitrogen and oxygen atoms in total. The van der Waals surface area contributed by atoms with Gasteiger partial charge in [0, 0.05) is 41.6 Å². The fraction of sp³-hybridized carbons (Fsp3) is 0.419. The van der Waals surface area contributed by atoms with Gasteiger partial charge in [0.1, 0.15) is 6.54 Å². The SMILES string of the molecule is CCCCCN(CC(=O)N(CCCC)Cc1cccn1Cc1ccc(Br)cc1)C(=O)c1ccc(C)cc1. The van der Waals surface area contributed by atoms with Crippen molar-refractivity contribution in [1.29, 1.82) is 0 Å². The Labute approximate surface area is 230 Å². The third kappa shape index (κ3) is 8.89. The molecular formula is C31H40BrN3O2. The van der Waals surface area contributed by atoms with Crippen LogP contribution in [0.3, 0.4) is 0 Å². The number of nitrogens with zero attached hydrogens (tertiary/aromatic N) is 3. The molecule has 0 aliphatic rings. The van der Waals surface area contributed by atoms with Crippen LogP contribution in [0.15, 0.2) is 71.3 Å². The predicted octanol–water partition coefficient (Wildman–Crippen LogP) is 7.07. The standard InChI is InChI=1S/C31H40BrN3O2/c1-4-6-8-20-35(31(37)27-15-11-25(3)12-16-27)24-30(36)34(19-7-5-2)23-29-10-9-21-33(29)22-26-13-17-28(32)18-14-26/h9-18,21H,4-8,19-20,22-24H2,1-3H3. The van der Waals surface area contributed by atoms with E-state index in [1.165, 1.54) is 5.56 Å². The molecule has 0 fully saturated rings. The Hall–Kier alpha value is -2.86. The minimum atomic E-state index is -0.0708. The minimum absolute atomic E-state index is 0.00167. The molecule has 0 bridgehead atoms. The second kappa shape index (κ2) is 14.8. The van der Waals surface area contributed by atoms with Gasteiger partial charge in [0.05, 0.1) is 6.54 Å². The highest BCUT2D eigenvalue weighted by molar-refractivity contribution is 9.10. The maximum Gasteiger partial charge on any atom is 0.254 e. The van der Waals surface area contributed by atoms with Crippen LogP contribution in [0.4, 0.5) is 0 Å². The van der Waals surface area contributed by atoms with E-state index in [9.17, 15) is 9.59 Å². The maximum atomic E-state index is 13.6. The first-order chi connectivity index (χ1) is 17.9. The Morgan fingerprint density at radius 2 is 1.51 bits per heavy atom. The van der Waals surface area contributed by atoms with Crippen molar-refractivity contribution in [2.24, 2.45) is 0 Å². The number of carbonyl (C=O) groups excluding carboxylic acids is 2. The Kier molecular flexibility index (Phi) is 11.5. The molecule has 3 rings (SSSR count). The summed E-state index contributed by atoms with van der Waals surface area (Å²) in [5.41, 5.74) is 4.05. The lowest BCUT2D eigenvalue weighted by Gasteiger charge is -2.28. The summed E-state index contributed by atoms with van der Waals surface area (Å²) in [7, 11) is 0. The second-order valence-corrected chi connectivity index (χ2v) is 10.6. The molecule has 0 N–H and O–H groups in total. The van der Waals surface area contributed by atoms with E-state index in [0.29, 0.717) is 25.2 Å². The number of amides is 2. The van der Waals surface area contributed by atoms with Crippen molar-refractivity contribution in [3.63, 3.8) is 0 Å². The Morgan fingerprint density at radius 3 is 2.19 bits per heavy atom. The van der Waals surface area contributed by atoms with Gasteiger partial charge in [0.15, 0.2) is 0 Å². The smallest absolute Gasteiger partial charge is 0.254 e. The number of hydrogen-bond acceptors (Lipinski definition) is 2. The van der Waals surface area contributed by atoms with Crippen molar-refractivity contribution in [3.8, 4) is 0 Å². The molecule has 198 valence electrons. The first-order valence-electron chi connectivity index (χ1n) is 13.4. The zero-order valence-electron chi connectivity index (χ0n) is 22.5. The van der Waals surface area contributed by atoms with Gasteiger partial charge in [-0.3, -0.25) is 9.59 Å². The van der Waals surface area contributed by atoms with Crippen LogP contribution in [0.25, 0.3) is 0 Å². The minimum Gasteiger partial charge on any atom is -0.345 e. The second-order valence-electron chi connectivity index (χ2n) is 9.72. The highest BCUT2D eigenvalue weighted by Crippen LogP contribution is 2.16. The van der Waals surface area contributed by atoms with Crippen molar-refractivity contribution in [2.45, 2.75) is 66.0 Å². The fourth-order valence-corrected chi connectivity index (χ4v) is 4.58. The van der Waals surface area contributed by atoms with Gasteiger partial charge in [-0.25, -0.2) is 0 Å². The first kappa shape index (κ1) is 28.7. The van der Waals surface area contributed by atoms with Crippen LogP contribution >= 0.6 is 15.9 Å². The number of aromatic nitrogens is 1. The average molecular weight is 567 g/mol. The van der Waals surface area contributed by atoms with Crippen molar-refractivity contribution in [1.82, 2.24) is 14.4 Å². The summed E-state index contributed by atoms with van der Waals surface area (Å²) in [6.45, 7) is 8.95. The van der Waals surface area contributed by atoms with Gasteiger partial charge >= 0.3 is 0 Å². The van der Waals surface area contributed by atoms with Gasteiger partial charge in [-0.1, -0.05) is 78.9 Å². The molecule has 0 unspecified atom stereocenters. The Balaban J connectivity index is 1.75. The molecule has 2 amide bonds. The van der Waals surface area contributed by atoms with Crippen molar-refractivity contribution >= 4 is 27.7 Å². The molecule has 2 aromatic carbocycles. The molecule has 1 heterocycles. The summed E-state index contributed by atoms with van der Waals surface area (Å²) in [4.78, 5) is 30.7. The third-order valence-corrected chi connectivity index (χ3v) is 7.15. The predicted molar refractivity (Wildman–Crippen MR) is 155 cm³/mol. The quantitative estimate of drug-likeness (QED) is 0.196. The molecule has 0 atom stereocenters. The summed E-state index contributed by atoms with van der Waals surface area (Å²) in [6.07, 6.45) is 7.00. The first-order valence-corrected chi connectivity index (χ1v) is 14.2. The van der Waals surface area contributed by atoms with Gasteiger partial charge in [-0.2, -0.15) is 0 Å². The maximum absolute atomic E-state index is 13.6. The van der Waals surface area contributed by atoms with E-state index >= 15 is 0 Å². The van der Waals surface area contributed by atoms with Gasteiger partial charge in [0.2, 0.25) is 5.91 Å². The normalized spacial score (nSPS) is 10.9. The monoisotopic (exact) mass is 565 g/mol. The van der Waals surface area contributed by atoms with E-state index in [-0.39, 0.29) is 18.4 Å². The average Bonchev–Trinajstić information content (AvgIpc) is 3.33. The van der Waals surface area contributed by atoms with Crippen LogP contribution in [-0.4, -0.2) is 45.8 Å². The largest absolute Gasteiger partial charge is 0.345 e. The summed E-state index contributed by atoms with van der Waals surface area (Å²) in [5.74, 6) is -0.0692. The van der Waals surface area contributed by atoms with E-state index in [0.717, 1.165) is 54.4 Å². The number of benzene rings is 2. The van der Waals surface area contributed by atoms with Gasteiger partial charge in [0.25, 0.3) is 5.91 Å².